The molecule has 3 aromatic carbocycles. The van der Waals surface area contributed by atoms with Crippen molar-refractivity contribution in [2.75, 3.05) is 19.7 Å². The summed E-state index contributed by atoms with van der Waals surface area (Å²) in [6, 6.07) is 26.0. The standard InChI is InChI=1S/C32H34N2O4/c1-23-31(33-30-14-7-6-13-29(30)32(23)38-21-25-9-4-3-5-10-25)22-37-28-12-8-11-27(19-28)36-20-26-15-17-34(18-16-26)24(2)35/h3-14,19,26H,15-18,20-22H2,1-2H3. The predicted octanol–water partition coefficient (Wildman–Crippen LogP) is 6.34. The lowest BCUT2D eigenvalue weighted by molar-refractivity contribution is -0.130. The molecule has 1 saturated heterocycles. The fraction of sp³-hybridized carbons (Fsp3) is 0.312. The molecule has 2 heterocycles. The Morgan fingerprint density at radius 1 is 0.868 bits per heavy atom. The molecule has 0 spiro atoms. The van der Waals surface area contributed by atoms with Gasteiger partial charge in [-0.2, -0.15) is 0 Å². The number of hydrogen-bond acceptors (Lipinski definition) is 5. The van der Waals surface area contributed by atoms with Crippen LogP contribution in [0.4, 0.5) is 0 Å². The zero-order valence-electron chi connectivity index (χ0n) is 22.1. The number of carbonyl (C=O) groups is 1. The van der Waals surface area contributed by atoms with Gasteiger partial charge in [0.1, 0.15) is 30.5 Å². The second-order valence-electron chi connectivity index (χ2n) is 9.83. The van der Waals surface area contributed by atoms with Gasteiger partial charge in [-0.05, 0) is 55.5 Å². The molecule has 0 radical (unpaired) electrons. The van der Waals surface area contributed by atoms with Gasteiger partial charge in [-0.25, -0.2) is 4.98 Å². The summed E-state index contributed by atoms with van der Waals surface area (Å²) in [4.78, 5) is 18.3. The molecule has 38 heavy (non-hydrogen) atoms. The molecule has 0 saturated carbocycles. The predicted molar refractivity (Wildman–Crippen MR) is 149 cm³/mol. The maximum absolute atomic E-state index is 11.6. The minimum Gasteiger partial charge on any atom is -0.493 e. The number of ether oxygens (including phenoxy) is 3. The van der Waals surface area contributed by atoms with E-state index in [1.54, 1.807) is 6.92 Å². The topological polar surface area (TPSA) is 60.9 Å². The van der Waals surface area contributed by atoms with E-state index in [-0.39, 0.29) is 5.91 Å². The van der Waals surface area contributed by atoms with Crippen LogP contribution in [-0.4, -0.2) is 35.5 Å². The first kappa shape index (κ1) is 25.6. The summed E-state index contributed by atoms with van der Waals surface area (Å²) in [6.45, 7) is 6.74. The van der Waals surface area contributed by atoms with Gasteiger partial charge in [0, 0.05) is 37.0 Å². The lowest BCUT2D eigenvalue weighted by Gasteiger charge is -2.31. The van der Waals surface area contributed by atoms with Gasteiger partial charge in [-0.3, -0.25) is 4.79 Å². The summed E-state index contributed by atoms with van der Waals surface area (Å²) in [7, 11) is 0. The second-order valence-corrected chi connectivity index (χ2v) is 9.83. The lowest BCUT2D eigenvalue weighted by atomic mass is 9.98. The van der Waals surface area contributed by atoms with Crippen LogP contribution in [-0.2, 0) is 18.0 Å². The second kappa shape index (κ2) is 12.0. The third-order valence-electron chi connectivity index (χ3n) is 7.13. The number of rotatable bonds is 9. The highest BCUT2D eigenvalue weighted by molar-refractivity contribution is 5.86. The van der Waals surface area contributed by atoms with Crippen molar-refractivity contribution in [3.8, 4) is 17.2 Å². The largest absolute Gasteiger partial charge is 0.493 e. The van der Waals surface area contributed by atoms with Crippen molar-refractivity contribution in [3.63, 3.8) is 0 Å². The normalized spacial score (nSPS) is 13.9. The monoisotopic (exact) mass is 510 g/mol. The van der Waals surface area contributed by atoms with Crippen LogP contribution in [0.5, 0.6) is 17.2 Å². The molecule has 196 valence electrons. The van der Waals surface area contributed by atoms with Crippen molar-refractivity contribution >= 4 is 16.8 Å². The van der Waals surface area contributed by atoms with Gasteiger partial charge in [0.25, 0.3) is 0 Å². The number of para-hydroxylation sites is 1. The molecule has 6 nitrogen and oxygen atoms in total. The third kappa shape index (κ3) is 6.25. The van der Waals surface area contributed by atoms with Gasteiger partial charge in [-0.15, -0.1) is 0 Å². The maximum atomic E-state index is 11.6. The molecule has 0 N–H and O–H groups in total. The molecule has 4 aromatic rings. The third-order valence-corrected chi connectivity index (χ3v) is 7.13. The molecule has 1 fully saturated rings. The van der Waals surface area contributed by atoms with Gasteiger partial charge in [0.2, 0.25) is 5.91 Å². The number of carbonyl (C=O) groups excluding carboxylic acids is 1. The number of pyridine rings is 1. The van der Waals surface area contributed by atoms with Gasteiger partial charge in [0.05, 0.1) is 17.8 Å². The molecule has 0 aliphatic carbocycles. The summed E-state index contributed by atoms with van der Waals surface area (Å²) in [5, 5.41) is 0.995. The van der Waals surface area contributed by atoms with Crippen LogP contribution in [0.3, 0.4) is 0 Å². The van der Waals surface area contributed by atoms with Crippen molar-refractivity contribution in [1.82, 2.24) is 9.88 Å². The molecule has 0 bridgehead atoms. The number of benzene rings is 3. The van der Waals surface area contributed by atoms with Crippen LogP contribution in [0.25, 0.3) is 10.9 Å². The van der Waals surface area contributed by atoms with E-state index in [2.05, 4.69) is 12.1 Å². The van der Waals surface area contributed by atoms with Crippen molar-refractivity contribution in [1.29, 1.82) is 0 Å². The molecule has 0 atom stereocenters. The Morgan fingerprint density at radius 2 is 1.58 bits per heavy atom. The van der Waals surface area contributed by atoms with Crippen LogP contribution in [0.15, 0.2) is 78.9 Å². The summed E-state index contributed by atoms with van der Waals surface area (Å²) in [5.41, 5.74) is 3.82. The smallest absolute Gasteiger partial charge is 0.219 e. The van der Waals surface area contributed by atoms with Crippen molar-refractivity contribution in [2.45, 2.75) is 39.9 Å². The zero-order valence-corrected chi connectivity index (χ0v) is 22.1. The molecule has 0 unspecified atom stereocenters. The highest BCUT2D eigenvalue weighted by Crippen LogP contribution is 2.32. The number of amides is 1. The Kier molecular flexibility index (Phi) is 8.07. The Bertz CT molecular complexity index is 1380. The highest BCUT2D eigenvalue weighted by Gasteiger charge is 2.21. The van der Waals surface area contributed by atoms with Crippen LogP contribution in [0.1, 0.15) is 36.6 Å². The summed E-state index contributed by atoms with van der Waals surface area (Å²) in [5.74, 6) is 2.96. The van der Waals surface area contributed by atoms with Gasteiger partial charge >= 0.3 is 0 Å². The van der Waals surface area contributed by atoms with E-state index in [1.807, 2.05) is 78.6 Å². The fourth-order valence-corrected chi connectivity index (χ4v) is 4.82. The number of likely N-dealkylation sites (tertiary alicyclic amines) is 1. The summed E-state index contributed by atoms with van der Waals surface area (Å²) in [6.07, 6.45) is 1.94. The number of nitrogens with zero attached hydrogens (tertiary/aromatic N) is 2. The van der Waals surface area contributed by atoms with Crippen LogP contribution in [0, 0.1) is 12.8 Å². The number of hydrogen-bond donors (Lipinski definition) is 0. The van der Waals surface area contributed by atoms with E-state index in [0.29, 0.717) is 25.7 Å². The molecule has 1 aliphatic rings. The van der Waals surface area contributed by atoms with E-state index in [1.165, 1.54) is 0 Å². The maximum Gasteiger partial charge on any atom is 0.219 e. The fourth-order valence-electron chi connectivity index (χ4n) is 4.82. The minimum atomic E-state index is 0.153. The average molecular weight is 511 g/mol. The van der Waals surface area contributed by atoms with E-state index in [4.69, 9.17) is 19.2 Å². The van der Waals surface area contributed by atoms with E-state index < -0.39 is 0 Å². The van der Waals surface area contributed by atoms with Gasteiger partial charge in [0.15, 0.2) is 0 Å². The Balaban J connectivity index is 1.24. The molecule has 5 rings (SSSR count). The van der Waals surface area contributed by atoms with Crippen molar-refractivity contribution in [2.24, 2.45) is 5.92 Å². The minimum absolute atomic E-state index is 0.153. The lowest BCUT2D eigenvalue weighted by Crippen LogP contribution is -2.38. The molecular formula is C32H34N2O4. The number of fused-ring (bicyclic) bond motifs is 1. The average Bonchev–Trinajstić information content (AvgIpc) is 2.95. The quantitative estimate of drug-likeness (QED) is 0.263. The molecule has 1 aromatic heterocycles. The van der Waals surface area contributed by atoms with Crippen molar-refractivity contribution in [3.05, 3.63) is 95.7 Å². The molecular weight excluding hydrogens is 476 g/mol. The summed E-state index contributed by atoms with van der Waals surface area (Å²) >= 11 is 0. The number of piperidine rings is 1. The Labute approximate surface area is 224 Å². The molecule has 1 amide bonds. The van der Waals surface area contributed by atoms with E-state index >= 15 is 0 Å². The zero-order chi connectivity index (χ0) is 26.3. The van der Waals surface area contributed by atoms with Crippen LogP contribution < -0.4 is 14.2 Å². The van der Waals surface area contributed by atoms with Gasteiger partial charge < -0.3 is 19.1 Å². The highest BCUT2D eigenvalue weighted by atomic mass is 16.5. The van der Waals surface area contributed by atoms with E-state index in [0.717, 1.165) is 70.9 Å². The van der Waals surface area contributed by atoms with Crippen LogP contribution in [0.2, 0.25) is 0 Å². The number of aromatic nitrogens is 1. The first-order valence-corrected chi connectivity index (χ1v) is 13.2. The molecule has 6 heteroatoms. The summed E-state index contributed by atoms with van der Waals surface area (Å²) < 4.78 is 18.6. The first-order valence-electron chi connectivity index (χ1n) is 13.2. The Hall–Kier alpha value is -4.06. The van der Waals surface area contributed by atoms with Crippen molar-refractivity contribution < 1.29 is 19.0 Å². The van der Waals surface area contributed by atoms with Crippen LogP contribution >= 0.6 is 0 Å². The first-order chi connectivity index (χ1) is 18.6. The van der Waals surface area contributed by atoms with E-state index in [9.17, 15) is 4.79 Å². The molecule has 1 aliphatic heterocycles. The van der Waals surface area contributed by atoms with Gasteiger partial charge in [-0.1, -0.05) is 48.5 Å². The Morgan fingerprint density at radius 3 is 2.34 bits per heavy atom. The SMILES string of the molecule is CC(=O)N1CCC(COc2cccc(OCc3nc4ccccc4c(OCc4ccccc4)c3C)c2)CC1.